The number of ketones is 2. The van der Waals surface area contributed by atoms with Gasteiger partial charge in [-0.1, -0.05) is 155 Å². The fraction of sp³-hybridized carbons (Fsp3) is 0.935. The minimum atomic E-state index is 0.167. The third-order valence-electron chi connectivity index (χ3n) is 7.01. The summed E-state index contributed by atoms with van der Waals surface area (Å²) < 4.78 is 0. The highest BCUT2D eigenvalue weighted by Gasteiger charge is 2.09. The fourth-order valence-corrected chi connectivity index (χ4v) is 4.72. The molecule has 0 N–H and O–H groups in total. The largest absolute Gasteiger partial charge is 0.299 e. The van der Waals surface area contributed by atoms with Crippen LogP contribution in [0.1, 0.15) is 187 Å². The Hall–Kier alpha value is -0.660. The Labute approximate surface area is 208 Å². The summed E-state index contributed by atoms with van der Waals surface area (Å²) in [4.78, 5) is 24.0. The van der Waals surface area contributed by atoms with Crippen molar-refractivity contribution < 1.29 is 9.59 Å². The normalized spacial score (nSPS) is 11.2. The van der Waals surface area contributed by atoms with Crippen LogP contribution in [0.2, 0.25) is 0 Å². The molecular formula is C31H60O2. The van der Waals surface area contributed by atoms with E-state index >= 15 is 0 Å². The molecule has 0 amide bonds. The van der Waals surface area contributed by atoms with Crippen molar-refractivity contribution in [1.82, 2.24) is 0 Å². The topological polar surface area (TPSA) is 34.1 Å². The van der Waals surface area contributed by atoms with Crippen molar-refractivity contribution in [2.24, 2.45) is 0 Å². The first-order valence-electron chi connectivity index (χ1n) is 15.2. The molecule has 0 aliphatic heterocycles. The maximum absolute atomic E-state index is 12.0. The summed E-state index contributed by atoms with van der Waals surface area (Å²) in [7, 11) is 0. The van der Waals surface area contributed by atoms with E-state index in [0.29, 0.717) is 12.8 Å². The zero-order chi connectivity index (χ0) is 24.2. The van der Waals surface area contributed by atoms with Crippen LogP contribution in [0.3, 0.4) is 0 Å². The highest BCUT2D eigenvalue weighted by atomic mass is 16.1. The summed E-state index contributed by atoms with van der Waals surface area (Å²) in [6.07, 6.45) is 33.0. The van der Waals surface area contributed by atoms with E-state index < -0.39 is 0 Å². The molecule has 0 spiro atoms. The number of hydrogen-bond acceptors (Lipinski definition) is 2. The summed E-state index contributed by atoms with van der Waals surface area (Å²) in [5.41, 5.74) is 0. The van der Waals surface area contributed by atoms with Crippen LogP contribution >= 0.6 is 0 Å². The van der Waals surface area contributed by atoms with Gasteiger partial charge in [0.15, 0.2) is 0 Å². The summed E-state index contributed by atoms with van der Waals surface area (Å²) in [6, 6.07) is 0. The number of carbonyl (C=O) groups is 2. The molecule has 0 unspecified atom stereocenters. The third kappa shape index (κ3) is 27.5. The van der Waals surface area contributed by atoms with Gasteiger partial charge < -0.3 is 0 Å². The first-order chi connectivity index (χ1) is 16.2. The molecule has 196 valence electrons. The minimum absolute atomic E-state index is 0.167. The first kappa shape index (κ1) is 32.3. The van der Waals surface area contributed by atoms with Crippen LogP contribution in [0, 0.1) is 0 Å². The molecule has 0 aliphatic carbocycles. The van der Waals surface area contributed by atoms with Crippen LogP contribution in [0.4, 0.5) is 0 Å². The van der Waals surface area contributed by atoms with E-state index in [9.17, 15) is 9.59 Å². The van der Waals surface area contributed by atoms with E-state index in [1.165, 1.54) is 128 Å². The number of hydrogen-bond donors (Lipinski definition) is 0. The summed E-state index contributed by atoms with van der Waals surface area (Å²) in [5, 5.41) is 0. The Morgan fingerprint density at radius 3 is 0.788 bits per heavy atom. The zero-order valence-electron chi connectivity index (χ0n) is 22.9. The van der Waals surface area contributed by atoms with Crippen molar-refractivity contribution in [3.63, 3.8) is 0 Å². The predicted octanol–water partition coefficient (Wildman–Crippen LogP) is 10.7. The molecule has 0 atom stereocenters. The molecule has 0 radical (unpaired) electrons. The van der Waals surface area contributed by atoms with Crippen LogP contribution in [0.25, 0.3) is 0 Å². The average Bonchev–Trinajstić information content (AvgIpc) is 2.80. The molecule has 0 saturated heterocycles. The monoisotopic (exact) mass is 464 g/mol. The Balaban J connectivity index is 3.25. The van der Waals surface area contributed by atoms with Crippen LogP contribution in [-0.4, -0.2) is 11.6 Å². The van der Waals surface area contributed by atoms with Gasteiger partial charge in [0.25, 0.3) is 0 Å². The number of rotatable bonds is 28. The van der Waals surface area contributed by atoms with Gasteiger partial charge in [-0.05, 0) is 12.8 Å². The highest BCUT2D eigenvalue weighted by molar-refractivity contribution is 5.98. The molecule has 0 heterocycles. The van der Waals surface area contributed by atoms with Crippen LogP contribution in [0.15, 0.2) is 0 Å². The van der Waals surface area contributed by atoms with Crippen molar-refractivity contribution >= 4 is 11.6 Å². The maximum atomic E-state index is 12.0. The van der Waals surface area contributed by atoms with Gasteiger partial charge in [0.1, 0.15) is 11.6 Å². The van der Waals surface area contributed by atoms with Crippen LogP contribution < -0.4 is 0 Å². The van der Waals surface area contributed by atoms with Gasteiger partial charge in [-0.3, -0.25) is 9.59 Å². The van der Waals surface area contributed by atoms with E-state index in [1.54, 1.807) is 0 Å². The molecule has 0 aromatic rings. The van der Waals surface area contributed by atoms with Gasteiger partial charge in [0.05, 0.1) is 6.42 Å². The number of Topliss-reactive ketones (excluding diaryl/α,β-unsaturated/α-hetero) is 2. The highest BCUT2D eigenvalue weighted by Crippen LogP contribution is 2.15. The lowest BCUT2D eigenvalue weighted by Crippen LogP contribution is -2.07. The van der Waals surface area contributed by atoms with Crippen molar-refractivity contribution in [2.75, 3.05) is 0 Å². The van der Waals surface area contributed by atoms with Crippen molar-refractivity contribution in [1.29, 1.82) is 0 Å². The molecule has 0 aromatic carbocycles. The number of carbonyl (C=O) groups excluding carboxylic acids is 2. The molecule has 0 rings (SSSR count). The van der Waals surface area contributed by atoms with E-state index in [2.05, 4.69) is 13.8 Å². The molecule has 2 heteroatoms. The lowest BCUT2D eigenvalue weighted by atomic mass is 10.0. The van der Waals surface area contributed by atoms with E-state index in [1.807, 2.05) is 0 Å². The van der Waals surface area contributed by atoms with Crippen LogP contribution in [0.5, 0.6) is 0 Å². The SMILES string of the molecule is CCCCCCCCCCCCCCCCCCCC(=O)CC(=O)CCCCCCCCC. The predicted molar refractivity (Wildman–Crippen MR) is 146 cm³/mol. The van der Waals surface area contributed by atoms with Gasteiger partial charge in [-0.2, -0.15) is 0 Å². The third-order valence-corrected chi connectivity index (χ3v) is 7.01. The summed E-state index contributed by atoms with van der Waals surface area (Å²) in [5.74, 6) is 0.337. The van der Waals surface area contributed by atoms with Gasteiger partial charge in [0, 0.05) is 12.8 Å². The Kier molecular flexibility index (Phi) is 27.0. The molecule has 0 aromatic heterocycles. The molecule has 0 saturated carbocycles. The lowest BCUT2D eigenvalue weighted by Gasteiger charge is -2.04. The smallest absolute Gasteiger partial charge is 0.140 e. The second kappa shape index (κ2) is 27.6. The Morgan fingerprint density at radius 2 is 0.545 bits per heavy atom. The standard InChI is InChI=1S/C31H60O2/c1-3-5-7-9-11-12-13-14-15-16-17-18-19-20-22-24-26-28-31(33)29-30(32)27-25-23-21-10-8-6-4-2/h3-29H2,1-2H3. The fourth-order valence-electron chi connectivity index (χ4n) is 4.72. The van der Waals surface area contributed by atoms with E-state index in [4.69, 9.17) is 0 Å². The quantitative estimate of drug-likeness (QED) is 0.0852. The minimum Gasteiger partial charge on any atom is -0.299 e. The Morgan fingerprint density at radius 1 is 0.333 bits per heavy atom. The maximum Gasteiger partial charge on any atom is 0.140 e. The molecular weight excluding hydrogens is 404 g/mol. The summed E-state index contributed by atoms with van der Waals surface area (Å²) >= 11 is 0. The second-order valence-corrected chi connectivity index (χ2v) is 10.5. The van der Waals surface area contributed by atoms with Crippen molar-refractivity contribution in [3.05, 3.63) is 0 Å². The Bertz CT molecular complexity index is 415. The van der Waals surface area contributed by atoms with Crippen molar-refractivity contribution in [2.45, 2.75) is 187 Å². The first-order valence-corrected chi connectivity index (χ1v) is 15.2. The van der Waals surface area contributed by atoms with E-state index in [-0.39, 0.29) is 18.0 Å². The molecule has 0 bridgehead atoms. The molecule has 0 fully saturated rings. The van der Waals surface area contributed by atoms with Crippen molar-refractivity contribution in [3.8, 4) is 0 Å². The zero-order valence-corrected chi connectivity index (χ0v) is 22.9. The van der Waals surface area contributed by atoms with Gasteiger partial charge in [-0.15, -0.1) is 0 Å². The summed E-state index contributed by atoms with van der Waals surface area (Å²) in [6.45, 7) is 4.52. The molecule has 0 aliphatic rings. The van der Waals surface area contributed by atoms with Crippen LogP contribution in [-0.2, 0) is 9.59 Å². The van der Waals surface area contributed by atoms with Gasteiger partial charge >= 0.3 is 0 Å². The lowest BCUT2D eigenvalue weighted by molar-refractivity contribution is -0.127. The molecule has 2 nitrogen and oxygen atoms in total. The number of unbranched alkanes of at least 4 members (excludes halogenated alkanes) is 22. The van der Waals surface area contributed by atoms with Gasteiger partial charge in [-0.25, -0.2) is 0 Å². The molecule has 33 heavy (non-hydrogen) atoms. The average molecular weight is 465 g/mol. The van der Waals surface area contributed by atoms with Gasteiger partial charge in [0.2, 0.25) is 0 Å². The van der Waals surface area contributed by atoms with E-state index in [0.717, 1.165) is 25.7 Å². The second-order valence-electron chi connectivity index (χ2n) is 10.5.